The molecule has 1 aromatic carbocycles. The molecule has 1 rings (SSSR count). The highest BCUT2D eigenvalue weighted by atomic mass is 32.2. The molecule has 0 spiro atoms. The van der Waals surface area contributed by atoms with E-state index in [2.05, 4.69) is 5.32 Å². The zero-order chi connectivity index (χ0) is 15.6. The normalized spacial score (nSPS) is 15.7. The first-order chi connectivity index (χ1) is 9.01. The van der Waals surface area contributed by atoms with Crippen LogP contribution in [0.25, 0.3) is 0 Å². The number of sulfone groups is 1. The largest absolute Gasteiger partial charge is 0.418 e. The Balaban J connectivity index is 3.02. The molecule has 0 unspecified atom stereocenters. The Morgan fingerprint density at radius 3 is 2.30 bits per heavy atom. The first-order valence-electron chi connectivity index (χ1n) is 5.86. The highest BCUT2D eigenvalue weighted by molar-refractivity contribution is 7.91. The van der Waals surface area contributed by atoms with Gasteiger partial charge in [-0.05, 0) is 19.1 Å². The van der Waals surface area contributed by atoms with E-state index in [1.165, 1.54) is 31.2 Å². The Labute approximate surface area is 115 Å². The van der Waals surface area contributed by atoms with E-state index in [-0.39, 0.29) is 16.3 Å². The third kappa shape index (κ3) is 3.63. The molecule has 0 saturated carbocycles. The Hall–Kier alpha value is -1.28. The lowest BCUT2D eigenvalue weighted by molar-refractivity contribution is -0.246. The Kier molecular flexibility index (Phi) is 4.70. The standard InChI is InChI=1S/C12H16F3NO3S/c1-3-20(18,19)10-7-5-4-6-9(10)16-8-11(2,17)12(13,14)15/h4-7,16-17H,3,8H2,1-2H3/t11-/m1/s1. The minimum atomic E-state index is -4.81. The summed E-state index contributed by atoms with van der Waals surface area (Å²) in [5.41, 5.74) is -2.91. The molecule has 0 amide bonds. The summed E-state index contributed by atoms with van der Waals surface area (Å²) in [6, 6.07) is 5.65. The summed E-state index contributed by atoms with van der Waals surface area (Å²) in [6.07, 6.45) is -4.81. The van der Waals surface area contributed by atoms with Gasteiger partial charge >= 0.3 is 6.18 Å². The molecule has 8 heteroatoms. The Morgan fingerprint density at radius 1 is 1.25 bits per heavy atom. The molecular weight excluding hydrogens is 295 g/mol. The van der Waals surface area contributed by atoms with Gasteiger partial charge in [-0.2, -0.15) is 13.2 Å². The van der Waals surface area contributed by atoms with Crippen LogP contribution in [0.2, 0.25) is 0 Å². The highest BCUT2D eigenvalue weighted by Gasteiger charge is 2.49. The molecule has 1 atom stereocenters. The van der Waals surface area contributed by atoms with Crippen molar-refractivity contribution in [2.75, 3.05) is 17.6 Å². The molecule has 0 aliphatic rings. The summed E-state index contributed by atoms with van der Waals surface area (Å²) in [6.45, 7) is 1.22. The van der Waals surface area contributed by atoms with Gasteiger partial charge in [-0.15, -0.1) is 0 Å². The van der Waals surface area contributed by atoms with Crippen molar-refractivity contribution < 1.29 is 26.7 Å². The lowest BCUT2D eigenvalue weighted by atomic mass is 10.1. The molecule has 1 aromatic rings. The van der Waals surface area contributed by atoms with Crippen molar-refractivity contribution in [3.8, 4) is 0 Å². The summed E-state index contributed by atoms with van der Waals surface area (Å²) in [7, 11) is -3.56. The third-order valence-corrected chi connectivity index (χ3v) is 4.62. The van der Waals surface area contributed by atoms with Gasteiger partial charge in [-0.3, -0.25) is 0 Å². The van der Waals surface area contributed by atoms with Gasteiger partial charge in [-0.25, -0.2) is 8.42 Å². The number of benzene rings is 1. The molecule has 0 aliphatic carbocycles. The van der Waals surface area contributed by atoms with Crippen LogP contribution in [0, 0.1) is 0 Å². The van der Waals surface area contributed by atoms with Gasteiger partial charge in [0.15, 0.2) is 15.4 Å². The van der Waals surface area contributed by atoms with Crippen LogP contribution in [0.3, 0.4) is 0 Å². The monoisotopic (exact) mass is 311 g/mol. The maximum absolute atomic E-state index is 12.5. The molecule has 114 valence electrons. The van der Waals surface area contributed by atoms with Crippen LogP contribution in [0.5, 0.6) is 0 Å². The fraction of sp³-hybridized carbons (Fsp3) is 0.500. The zero-order valence-corrected chi connectivity index (χ0v) is 11.8. The number of rotatable bonds is 5. The topological polar surface area (TPSA) is 66.4 Å². The quantitative estimate of drug-likeness (QED) is 0.875. The van der Waals surface area contributed by atoms with E-state index < -0.39 is 28.2 Å². The van der Waals surface area contributed by atoms with Gasteiger partial charge in [-0.1, -0.05) is 19.1 Å². The maximum atomic E-state index is 12.5. The SMILES string of the molecule is CCS(=O)(=O)c1ccccc1NC[C@@](C)(O)C(F)(F)F. The van der Waals surface area contributed by atoms with Crippen molar-refractivity contribution in [2.24, 2.45) is 0 Å². The first kappa shape index (κ1) is 16.8. The van der Waals surface area contributed by atoms with Gasteiger partial charge in [0.2, 0.25) is 0 Å². The third-order valence-electron chi connectivity index (χ3n) is 2.84. The summed E-state index contributed by atoms with van der Waals surface area (Å²) >= 11 is 0. The number of alkyl halides is 3. The van der Waals surface area contributed by atoms with E-state index >= 15 is 0 Å². The minimum absolute atomic E-state index is 0.0406. The van der Waals surface area contributed by atoms with Gasteiger partial charge in [0.1, 0.15) is 0 Å². The molecular formula is C12H16F3NO3S. The van der Waals surface area contributed by atoms with Crippen LogP contribution in [0.4, 0.5) is 18.9 Å². The smallest absolute Gasteiger partial charge is 0.381 e. The van der Waals surface area contributed by atoms with Crippen molar-refractivity contribution >= 4 is 15.5 Å². The van der Waals surface area contributed by atoms with Gasteiger partial charge in [0.05, 0.1) is 22.9 Å². The van der Waals surface area contributed by atoms with Crippen LogP contribution in [-0.2, 0) is 9.84 Å². The highest BCUT2D eigenvalue weighted by Crippen LogP contribution is 2.31. The number of hydrogen-bond acceptors (Lipinski definition) is 4. The van der Waals surface area contributed by atoms with Crippen LogP contribution >= 0.6 is 0 Å². The second kappa shape index (κ2) is 5.61. The molecule has 0 heterocycles. The molecule has 0 fully saturated rings. The van der Waals surface area contributed by atoms with E-state index in [0.29, 0.717) is 6.92 Å². The van der Waals surface area contributed by atoms with Crippen LogP contribution < -0.4 is 5.32 Å². The Bertz CT molecular complexity index is 568. The Morgan fingerprint density at radius 2 is 1.80 bits per heavy atom. The lowest BCUT2D eigenvalue weighted by Gasteiger charge is -2.27. The molecule has 0 aliphatic heterocycles. The van der Waals surface area contributed by atoms with Gasteiger partial charge in [0, 0.05) is 0 Å². The number of anilines is 1. The first-order valence-corrected chi connectivity index (χ1v) is 7.51. The van der Waals surface area contributed by atoms with E-state index in [4.69, 9.17) is 0 Å². The molecule has 2 N–H and O–H groups in total. The van der Waals surface area contributed by atoms with E-state index in [1.807, 2.05) is 0 Å². The van der Waals surface area contributed by atoms with Crippen molar-refractivity contribution in [1.82, 2.24) is 0 Å². The number of aliphatic hydroxyl groups is 1. The van der Waals surface area contributed by atoms with Crippen molar-refractivity contribution in [3.05, 3.63) is 24.3 Å². The van der Waals surface area contributed by atoms with E-state index in [0.717, 1.165) is 0 Å². The predicted molar refractivity (Wildman–Crippen MR) is 69.3 cm³/mol. The van der Waals surface area contributed by atoms with Crippen molar-refractivity contribution in [1.29, 1.82) is 0 Å². The fourth-order valence-electron chi connectivity index (χ4n) is 1.41. The van der Waals surface area contributed by atoms with Crippen molar-refractivity contribution in [2.45, 2.75) is 30.5 Å². The average molecular weight is 311 g/mol. The van der Waals surface area contributed by atoms with Crippen LogP contribution in [0.15, 0.2) is 29.2 Å². The second-order valence-corrected chi connectivity index (χ2v) is 6.77. The molecule has 20 heavy (non-hydrogen) atoms. The molecule has 0 bridgehead atoms. The maximum Gasteiger partial charge on any atom is 0.418 e. The minimum Gasteiger partial charge on any atom is -0.381 e. The van der Waals surface area contributed by atoms with Crippen LogP contribution in [-0.4, -0.2) is 37.6 Å². The van der Waals surface area contributed by atoms with Gasteiger partial charge < -0.3 is 10.4 Å². The summed E-state index contributed by atoms with van der Waals surface area (Å²) in [4.78, 5) is -0.0829. The second-order valence-electron chi connectivity index (χ2n) is 4.52. The molecule has 0 radical (unpaired) electrons. The van der Waals surface area contributed by atoms with E-state index in [9.17, 15) is 26.7 Å². The fourth-order valence-corrected chi connectivity index (χ4v) is 2.48. The summed E-state index contributed by atoms with van der Waals surface area (Å²) in [5, 5.41) is 11.7. The summed E-state index contributed by atoms with van der Waals surface area (Å²) < 4.78 is 61.2. The number of nitrogens with one attached hydrogen (secondary N) is 1. The zero-order valence-electron chi connectivity index (χ0n) is 11.0. The number of hydrogen-bond donors (Lipinski definition) is 2. The van der Waals surface area contributed by atoms with Crippen LogP contribution in [0.1, 0.15) is 13.8 Å². The van der Waals surface area contributed by atoms with Crippen molar-refractivity contribution in [3.63, 3.8) is 0 Å². The summed E-state index contributed by atoms with van der Waals surface area (Å²) in [5.74, 6) is -0.165. The van der Waals surface area contributed by atoms with E-state index in [1.54, 1.807) is 0 Å². The molecule has 0 aromatic heterocycles. The molecule has 4 nitrogen and oxygen atoms in total. The lowest BCUT2D eigenvalue weighted by Crippen LogP contribution is -2.47. The molecule has 0 saturated heterocycles. The average Bonchev–Trinajstić information content (AvgIpc) is 2.35. The van der Waals surface area contributed by atoms with Gasteiger partial charge in [0.25, 0.3) is 0 Å². The number of halogens is 3. The number of para-hydroxylation sites is 1. The predicted octanol–water partition coefficient (Wildman–Crippen LogP) is 2.21.